The minimum Gasteiger partial charge on any atom is -0.480 e. The second-order valence-corrected chi connectivity index (χ2v) is 3.79. The maximum Gasteiger partial charge on any atom is 0.357 e. The SMILES string of the molecule is CCOC(=O)c1nc(OC)c(Br)cc1C(F)F. The standard InChI is InChI=1S/C10H10BrF2NO3/c1-3-17-10(15)7-5(8(12)13)4-6(11)9(14-7)16-2/h4,8H,3H2,1-2H3. The molecule has 0 aliphatic carbocycles. The van der Waals surface area contributed by atoms with Gasteiger partial charge in [0.2, 0.25) is 5.88 Å². The van der Waals surface area contributed by atoms with Crippen LogP contribution in [-0.2, 0) is 4.74 Å². The summed E-state index contributed by atoms with van der Waals surface area (Å²) in [6.07, 6.45) is -2.82. The Hall–Kier alpha value is -1.24. The van der Waals surface area contributed by atoms with Gasteiger partial charge in [-0.3, -0.25) is 0 Å². The third-order valence-corrected chi connectivity index (χ3v) is 2.44. The van der Waals surface area contributed by atoms with Gasteiger partial charge in [-0.25, -0.2) is 18.6 Å². The minimum atomic E-state index is -2.82. The van der Waals surface area contributed by atoms with Crippen LogP contribution in [0.2, 0.25) is 0 Å². The summed E-state index contributed by atoms with van der Waals surface area (Å²) < 4.78 is 35.2. The summed E-state index contributed by atoms with van der Waals surface area (Å²) in [4.78, 5) is 15.2. The first-order chi connectivity index (χ1) is 8.01. The molecule has 1 aromatic heterocycles. The fraction of sp³-hybridized carbons (Fsp3) is 0.400. The smallest absolute Gasteiger partial charge is 0.357 e. The van der Waals surface area contributed by atoms with Crippen molar-refractivity contribution >= 4 is 21.9 Å². The number of rotatable bonds is 4. The Morgan fingerprint density at radius 2 is 2.24 bits per heavy atom. The highest BCUT2D eigenvalue weighted by molar-refractivity contribution is 9.10. The van der Waals surface area contributed by atoms with Crippen molar-refractivity contribution < 1.29 is 23.0 Å². The number of pyridine rings is 1. The number of carbonyl (C=O) groups is 1. The number of carbonyl (C=O) groups excluding carboxylic acids is 1. The van der Waals surface area contributed by atoms with Crippen molar-refractivity contribution in [2.75, 3.05) is 13.7 Å². The third kappa shape index (κ3) is 3.12. The third-order valence-electron chi connectivity index (χ3n) is 1.87. The van der Waals surface area contributed by atoms with E-state index in [0.717, 1.165) is 6.07 Å². The first-order valence-corrected chi connectivity index (χ1v) is 5.50. The molecule has 0 saturated carbocycles. The average Bonchev–Trinajstić information content (AvgIpc) is 2.28. The second kappa shape index (κ2) is 5.90. The van der Waals surface area contributed by atoms with E-state index in [2.05, 4.69) is 25.7 Å². The van der Waals surface area contributed by atoms with Gasteiger partial charge in [0, 0.05) is 0 Å². The first-order valence-electron chi connectivity index (χ1n) is 4.71. The molecule has 0 N–H and O–H groups in total. The highest BCUT2D eigenvalue weighted by Gasteiger charge is 2.23. The average molecular weight is 310 g/mol. The fourth-order valence-electron chi connectivity index (χ4n) is 1.16. The van der Waals surface area contributed by atoms with E-state index in [1.807, 2.05) is 0 Å². The van der Waals surface area contributed by atoms with Gasteiger partial charge in [-0.1, -0.05) is 0 Å². The van der Waals surface area contributed by atoms with Crippen LogP contribution in [0.5, 0.6) is 5.88 Å². The van der Waals surface area contributed by atoms with Gasteiger partial charge in [-0.2, -0.15) is 0 Å². The molecule has 1 heterocycles. The van der Waals surface area contributed by atoms with E-state index in [-0.39, 0.29) is 17.0 Å². The minimum absolute atomic E-state index is 0.0532. The Balaban J connectivity index is 3.28. The van der Waals surface area contributed by atoms with Crippen LogP contribution in [0.25, 0.3) is 0 Å². The molecule has 1 aromatic rings. The maximum absolute atomic E-state index is 12.7. The Kier molecular flexibility index (Phi) is 4.80. The van der Waals surface area contributed by atoms with Crippen molar-refractivity contribution in [1.29, 1.82) is 0 Å². The summed E-state index contributed by atoms with van der Waals surface area (Å²) in [6, 6.07) is 1.10. The van der Waals surface area contributed by atoms with Gasteiger partial charge in [-0.05, 0) is 28.9 Å². The number of aromatic nitrogens is 1. The van der Waals surface area contributed by atoms with Gasteiger partial charge in [0.15, 0.2) is 5.69 Å². The first kappa shape index (κ1) is 13.8. The van der Waals surface area contributed by atoms with Crippen molar-refractivity contribution in [1.82, 2.24) is 4.98 Å². The van der Waals surface area contributed by atoms with Gasteiger partial charge in [0.1, 0.15) is 0 Å². The number of hydrogen-bond donors (Lipinski definition) is 0. The predicted molar refractivity (Wildman–Crippen MR) is 59.4 cm³/mol. The van der Waals surface area contributed by atoms with E-state index in [4.69, 9.17) is 4.74 Å². The number of hydrogen-bond acceptors (Lipinski definition) is 4. The lowest BCUT2D eigenvalue weighted by Crippen LogP contribution is -2.12. The molecule has 17 heavy (non-hydrogen) atoms. The highest BCUT2D eigenvalue weighted by atomic mass is 79.9. The van der Waals surface area contributed by atoms with Crippen LogP contribution in [0, 0.1) is 0 Å². The molecule has 0 spiro atoms. The van der Waals surface area contributed by atoms with Crippen molar-refractivity contribution in [2.45, 2.75) is 13.3 Å². The molecule has 7 heteroatoms. The fourth-order valence-corrected chi connectivity index (χ4v) is 1.66. The molecule has 0 amide bonds. The molecule has 0 aliphatic rings. The van der Waals surface area contributed by atoms with Crippen LogP contribution in [0.15, 0.2) is 10.5 Å². The maximum atomic E-state index is 12.7. The number of ether oxygens (including phenoxy) is 2. The molecular formula is C10H10BrF2NO3. The number of methoxy groups -OCH3 is 1. The largest absolute Gasteiger partial charge is 0.480 e. The van der Waals surface area contributed by atoms with E-state index in [1.54, 1.807) is 6.92 Å². The highest BCUT2D eigenvalue weighted by Crippen LogP contribution is 2.30. The van der Waals surface area contributed by atoms with Gasteiger partial charge >= 0.3 is 5.97 Å². The molecule has 0 fully saturated rings. The zero-order chi connectivity index (χ0) is 13.0. The summed E-state index contributed by atoms with van der Waals surface area (Å²) in [6.45, 7) is 1.66. The number of nitrogens with zero attached hydrogens (tertiary/aromatic N) is 1. The van der Waals surface area contributed by atoms with Crippen molar-refractivity contribution in [3.63, 3.8) is 0 Å². The van der Waals surface area contributed by atoms with Gasteiger partial charge in [0.25, 0.3) is 6.43 Å². The second-order valence-electron chi connectivity index (χ2n) is 2.94. The summed E-state index contributed by atoms with van der Waals surface area (Å²) in [7, 11) is 1.32. The monoisotopic (exact) mass is 309 g/mol. The van der Waals surface area contributed by atoms with Crippen molar-refractivity contribution in [3.05, 3.63) is 21.8 Å². The molecule has 0 atom stereocenters. The molecule has 0 aromatic carbocycles. The predicted octanol–water partition coefficient (Wildman–Crippen LogP) is 2.97. The molecule has 4 nitrogen and oxygen atoms in total. The lowest BCUT2D eigenvalue weighted by molar-refractivity contribution is 0.0506. The van der Waals surface area contributed by atoms with Crippen molar-refractivity contribution in [2.24, 2.45) is 0 Å². The van der Waals surface area contributed by atoms with Gasteiger partial charge < -0.3 is 9.47 Å². The van der Waals surface area contributed by atoms with Crippen LogP contribution in [-0.4, -0.2) is 24.7 Å². The lowest BCUT2D eigenvalue weighted by atomic mass is 10.2. The molecular weight excluding hydrogens is 300 g/mol. The summed E-state index contributed by atoms with van der Waals surface area (Å²) in [5, 5.41) is 0. The molecule has 0 aliphatic heterocycles. The zero-order valence-electron chi connectivity index (χ0n) is 9.17. The van der Waals surface area contributed by atoms with Crippen LogP contribution in [0.3, 0.4) is 0 Å². The van der Waals surface area contributed by atoms with Crippen LogP contribution in [0.4, 0.5) is 8.78 Å². The van der Waals surface area contributed by atoms with Crippen molar-refractivity contribution in [3.8, 4) is 5.88 Å². The number of alkyl halides is 2. The zero-order valence-corrected chi connectivity index (χ0v) is 10.8. The Morgan fingerprint density at radius 3 is 2.71 bits per heavy atom. The van der Waals surface area contributed by atoms with E-state index < -0.39 is 23.7 Å². The molecule has 0 saturated heterocycles. The van der Waals surface area contributed by atoms with Gasteiger partial charge in [0.05, 0.1) is 23.8 Å². The summed E-state index contributed by atoms with van der Waals surface area (Å²) >= 11 is 3.02. The molecule has 1 rings (SSSR count). The quantitative estimate of drug-likeness (QED) is 0.802. The molecule has 94 valence electrons. The summed E-state index contributed by atoms with van der Waals surface area (Å²) in [5.41, 5.74) is -0.918. The van der Waals surface area contributed by atoms with Crippen LogP contribution in [0.1, 0.15) is 29.4 Å². The summed E-state index contributed by atoms with van der Waals surface area (Å²) in [5.74, 6) is -0.842. The molecule has 0 unspecified atom stereocenters. The number of esters is 1. The molecule has 0 radical (unpaired) electrons. The van der Waals surface area contributed by atoms with Crippen LogP contribution >= 0.6 is 15.9 Å². The van der Waals surface area contributed by atoms with E-state index in [1.165, 1.54) is 7.11 Å². The Morgan fingerprint density at radius 1 is 1.59 bits per heavy atom. The van der Waals surface area contributed by atoms with Crippen LogP contribution < -0.4 is 4.74 Å². The Bertz CT molecular complexity index is 426. The Labute approximate surface area is 105 Å². The number of halogens is 3. The van der Waals surface area contributed by atoms with Gasteiger partial charge in [-0.15, -0.1) is 0 Å². The van der Waals surface area contributed by atoms with E-state index in [0.29, 0.717) is 0 Å². The van der Waals surface area contributed by atoms with E-state index >= 15 is 0 Å². The molecule has 0 bridgehead atoms. The normalized spacial score (nSPS) is 10.5. The van der Waals surface area contributed by atoms with E-state index in [9.17, 15) is 13.6 Å². The lowest BCUT2D eigenvalue weighted by Gasteiger charge is -2.10. The topological polar surface area (TPSA) is 48.4 Å².